The summed E-state index contributed by atoms with van der Waals surface area (Å²) in [7, 11) is -2.60. The molecule has 0 amide bonds. The van der Waals surface area contributed by atoms with Crippen LogP contribution in [0.25, 0.3) is 11.2 Å². The van der Waals surface area contributed by atoms with Gasteiger partial charge in [0.25, 0.3) is 0 Å². The highest BCUT2D eigenvalue weighted by Crippen LogP contribution is 2.52. The summed E-state index contributed by atoms with van der Waals surface area (Å²) in [5.41, 5.74) is 6.76. The Labute approximate surface area is 203 Å². The van der Waals surface area contributed by atoms with Crippen molar-refractivity contribution in [2.45, 2.75) is 76.2 Å². The van der Waals surface area contributed by atoms with E-state index in [9.17, 15) is 14.5 Å². The number of unbranched alkanes of at least 4 members (excludes halogenated alkanes) is 6. The van der Waals surface area contributed by atoms with Crippen LogP contribution in [-0.4, -0.2) is 68.2 Å². The standard InChI is InChI=1S/C21H34N5O8P/c1-31-35(30,32-10-8-6-4-2-3-5-7-9-18(28)29)34-15-11-17(33-16(15)12-27)26-14-25-19-20(22)23-13-24-21(19)26/h13-17,27H,2-12H2,1H3,(H,28,29)(H2,22,23,24)/t15?,16-,17-,35?/m1/s1. The normalized spacial score (nSPS) is 21.9. The van der Waals surface area contributed by atoms with Crippen LogP contribution in [0.1, 0.15) is 64.0 Å². The summed E-state index contributed by atoms with van der Waals surface area (Å²) in [5, 5.41) is 18.4. The number of phosphoric ester groups is 1. The van der Waals surface area contributed by atoms with Crippen molar-refractivity contribution >= 4 is 30.8 Å². The second kappa shape index (κ2) is 13.2. The molecule has 1 aliphatic heterocycles. The average Bonchev–Trinajstić information content (AvgIpc) is 3.44. The fourth-order valence-electron chi connectivity index (χ4n) is 3.96. The van der Waals surface area contributed by atoms with Crippen LogP contribution in [-0.2, 0) is 27.7 Å². The molecule has 4 atom stereocenters. The molecule has 0 bridgehead atoms. The third kappa shape index (κ3) is 7.66. The summed E-state index contributed by atoms with van der Waals surface area (Å²) in [6.45, 7) is -0.144. The van der Waals surface area contributed by atoms with Gasteiger partial charge in [-0.3, -0.25) is 22.9 Å². The van der Waals surface area contributed by atoms with Gasteiger partial charge in [-0.2, -0.15) is 0 Å². The number of aromatic nitrogens is 4. The summed E-state index contributed by atoms with van der Waals surface area (Å²) >= 11 is 0. The number of hydrogen-bond acceptors (Lipinski definition) is 11. The first kappa shape index (κ1) is 27.4. The first-order chi connectivity index (χ1) is 16.9. The van der Waals surface area contributed by atoms with E-state index in [2.05, 4.69) is 15.0 Å². The first-order valence-corrected chi connectivity index (χ1v) is 13.2. The van der Waals surface area contributed by atoms with Crippen molar-refractivity contribution in [1.82, 2.24) is 19.5 Å². The zero-order valence-corrected chi connectivity index (χ0v) is 20.7. The van der Waals surface area contributed by atoms with E-state index >= 15 is 0 Å². The summed E-state index contributed by atoms with van der Waals surface area (Å²) in [6.07, 6.45) is 7.42. The van der Waals surface area contributed by atoms with Crippen LogP contribution in [0.3, 0.4) is 0 Å². The molecule has 0 aromatic carbocycles. The van der Waals surface area contributed by atoms with Crippen molar-refractivity contribution in [2.24, 2.45) is 0 Å². The molecule has 1 saturated heterocycles. The maximum Gasteiger partial charge on any atom is 0.474 e. The number of aliphatic carboxylic acids is 1. The summed E-state index contributed by atoms with van der Waals surface area (Å²) in [6, 6.07) is 0. The van der Waals surface area contributed by atoms with Crippen LogP contribution in [0.2, 0.25) is 0 Å². The Hall–Kier alpha value is -2.15. The number of nitrogens with zero attached hydrogens (tertiary/aromatic N) is 4. The number of phosphoric acid groups is 1. The number of nitrogen functional groups attached to an aromatic ring is 1. The number of carboxylic acids is 1. The van der Waals surface area contributed by atoms with Gasteiger partial charge in [-0.25, -0.2) is 19.5 Å². The quantitative estimate of drug-likeness (QED) is 0.220. The molecule has 196 valence electrons. The van der Waals surface area contributed by atoms with Gasteiger partial charge in [-0.05, 0) is 12.8 Å². The summed E-state index contributed by atoms with van der Waals surface area (Å²) in [5.74, 6) is -0.513. The number of nitrogens with two attached hydrogens (primary N) is 1. The summed E-state index contributed by atoms with van der Waals surface area (Å²) in [4.78, 5) is 22.8. The molecule has 0 aliphatic carbocycles. The van der Waals surface area contributed by atoms with E-state index in [0.717, 1.165) is 32.1 Å². The molecule has 3 heterocycles. The van der Waals surface area contributed by atoms with Crippen LogP contribution < -0.4 is 5.73 Å². The van der Waals surface area contributed by atoms with E-state index in [1.165, 1.54) is 19.8 Å². The van der Waals surface area contributed by atoms with Gasteiger partial charge in [0.2, 0.25) is 0 Å². The molecule has 13 nitrogen and oxygen atoms in total. The molecule has 0 saturated carbocycles. The van der Waals surface area contributed by atoms with Crippen LogP contribution >= 0.6 is 7.82 Å². The number of carbonyl (C=O) groups is 1. The maximum absolute atomic E-state index is 13.0. The van der Waals surface area contributed by atoms with Gasteiger partial charge >= 0.3 is 13.8 Å². The number of rotatable bonds is 16. The third-order valence-electron chi connectivity index (χ3n) is 5.83. The van der Waals surface area contributed by atoms with E-state index in [0.29, 0.717) is 24.0 Å². The van der Waals surface area contributed by atoms with E-state index in [4.69, 9.17) is 29.1 Å². The van der Waals surface area contributed by atoms with Gasteiger partial charge in [-0.1, -0.05) is 32.1 Å². The van der Waals surface area contributed by atoms with Gasteiger partial charge in [0.1, 0.15) is 30.3 Å². The zero-order chi connectivity index (χ0) is 25.3. The number of anilines is 1. The number of ether oxygens (including phenoxy) is 1. The molecule has 2 aromatic heterocycles. The van der Waals surface area contributed by atoms with E-state index in [1.807, 2.05) is 0 Å². The molecule has 14 heteroatoms. The second-order valence-corrected chi connectivity index (χ2v) is 10.1. The van der Waals surface area contributed by atoms with Crippen molar-refractivity contribution in [1.29, 1.82) is 0 Å². The Morgan fingerprint density at radius 2 is 1.91 bits per heavy atom. The fourth-order valence-corrected chi connectivity index (χ4v) is 5.12. The predicted molar refractivity (Wildman–Crippen MR) is 125 cm³/mol. The molecule has 35 heavy (non-hydrogen) atoms. The van der Waals surface area contributed by atoms with Gasteiger partial charge in [0.15, 0.2) is 11.5 Å². The van der Waals surface area contributed by atoms with Crippen molar-refractivity contribution < 1.29 is 37.9 Å². The number of carboxylic acid groups (broad SMARTS) is 1. The minimum atomic E-state index is -3.86. The number of hydrogen-bond donors (Lipinski definition) is 3. The Bertz CT molecular complexity index is 1010. The molecule has 2 aromatic rings. The average molecular weight is 516 g/mol. The van der Waals surface area contributed by atoms with E-state index < -0.39 is 32.2 Å². The Morgan fingerprint density at radius 1 is 1.20 bits per heavy atom. The lowest BCUT2D eigenvalue weighted by Crippen LogP contribution is -2.27. The molecule has 3 rings (SSSR count). The van der Waals surface area contributed by atoms with E-state index in [1.54, 1.807) is 4.57 Å². The molecule has 0 radical (unpaired) electrons. The lowest BCUT2D eigenvalue weighted by Gasteiger charge is -2.22. The van der Waals surface area contributed by atoms with Gasteiger partial charge in [0.05, 0.1) is 19.5 Å². The SMILES string of the molecule is COP(=O)(OCCCCCCCCCC(=O)O)OC1C[C@H](n2cnc3c(N)ncnc32)O[C@@H]1CO. The predicted octanol–water partition coefficient (Wildman–Crippen LogP) is 3.05. The molecule has 0 spiro atoms. The number of aliphatic hydroxyl groups excluding tert-OH is 1. The molecule has 1 fully saturated rings. The Balaban J connectivity index is 1.45. The van der Waals surface area contributed by atoms with Crippen LogP contribution in [0.4, 0.5) is 5.82 Å². The summed E-state index contributed by atoms with van der Waals surface area (Å²) < 4.78 is 36.8. The van der Waals surface area contributed by atoms with Crippen molar-refractivity contribution in [2.75, 3.05) is 26.1 Å². The number of fused-ring (bicyclic) bond motifs is 1. The molecule has 1 aliphatic rings. The van der Waals surface area contributed by atoms with Crippen molar-refractivity contribution in [3.05, 3.63) is 12.7 Å². The van der Waals surface area contributed by atoms with Gasteiger partial charge in [-0.15, -0.1) is 0 Å². The molecule has 2 unspecified atom stereocenters. The fraction of sp³-hybridized carbons (Fsp3) is 0.714. The molecular weight excluding hydrogens is 481 g/mol. The van der Waals surface area contributed by atoms with E-state index in [-0.39, 0.29) is 31.9 Å². The second-order valence-electron chi connectivity index (χ2n) is 8.36. The zero-order valence-electron chi connectivity index (χ0n) is 19.8. The highest BCUT2D eigenvalue weighted by molar-refractivity contribution is 7.48. The minimum absolute atomic E-state index is 0.202. The Kier molecular flexibility index (Phi) is 10.4. The van der Waals surface area contributed by atoms with Crippen LogP contribution in [0.5, 0.6) is 0 Å². The van der Waals surface area contributed by atoms with Gasteiger partial charge < -0.3 is 20.7 Å². The monoisotopic (exact) mass is 515 g/mol. The highest BCUT2D eigenvalue weighted by Gasteiger charge is 2.42. The van der Waals surface area contributed by atoms with Crippen molar-refractivity contribution in [3.63, 3.8) is 0 Å². The number of aliphatic hydroxyl groups is 1. The minimum Gasteiger partial charge on any atom is -0.481 e. The largest absolute Gasteiger partial charge is 0.481 e. The maximum atomic E-state index is 13.0. The van der Waals surface area contributed by atoms with Gasteiger partial charge in [0, 0.05) is 20.0 Å². The van der Waals surface area contributed by atoms with Crippen molar-refractivity contribution in [3.8, 4) is 0 Å². The molecular formula is C21H34N5O8P. The number of imidazole rings is 1. The van der Waals surface area contributed by atoms with Crippen LogP contribution in [0, 0.1) is 0 Å². The Morgan fingerprint density at radius 3 is 2.60 bits per heavy atom. The lowest BCUT2D eigenvalue weighted by atomic mass is 10.1. The lowest BCUT2D eigenvalue weighted by molar-refractivity contribution is -0.137. The molecule has 4 N–H and O–H groups in total. The smallest absolute Gasteiger partial charge is 0.474 e. The third-order valence-corrected chi connectivity index (χ3v) is 7.31. The highest BCUT2D eigenvalue weighted by atomic mass is 31.2. The first-order valence-electron chi connectivity index (χ1n) is 11.8. The van der Waals surface area contributed by atoms with Crippen LogP contribution in [0.15, 0.2) is 12.7 Å². The topological polar surface area (TPSA) is 181 Å².